The van der Waals surface area contributed by atoms with Gasteiger partial charge >= 0.3 is 11.8 Å². The molecule has 2 aromatic carbocycles. The molecular weight excluding hydrogens is 358 g/mol. The Morgan fingerprint density at radius 3 is 2.11 bits per heavy atom. The summed E-state index contributed by atoms with van der Waals surface area (Å²) < 4.78 is 0. The number of Topliss-reactive ketones (excluding diaryl/α,β-unsaturated/α-hetero) is 1. The van der Waals surface area contributed by atoms with Gasteiger partial charge in [0.25, 0.3) is 5.91 Å². The Balaban J connectivity index is 1.62. The topological polar surface area (TPSA) is 86.8 Å². The Hall–Kier alpha value is -3.48. The number of nitrogens with one attached hydrogen (secondary N) is 1. The Kier molecular flexibility index (Phi) is 5.54. The van der Waals surface area contributed by atoms with Crippen LogP contribution in [-0.4, -0.2) is 53.4 Å². The van der Waals surface area contributed by atoms with E-state index in [1.165, 1.54) is 16.7 Å². The van der Waals surface area contributed by atoms with Crippen LogP contribution in [0.3, 0.4) is 0 Å². The third-order valence-corrected chi connectivity index (χ3v) is 4.66. The summed E-state index contributed by atoms with van der Waals surface area (Å²) in [7, 11) is 1.61. The molecule has 1 heterocycles. The summed E-state index contributed by atoms with van der Waals surface area (Å²) in [5.41, 5.74) is 2.49. The highest BCUT2D eigenvalue weighted by molar-refractivity contribution is 6.35. The van der Waals surface area contributed by atoms with Crippen molar-refractivity contribution in [2.24, 2.45) is 0 Å². The largest absolute Gasteiger partial charge is 0.336 e. The van der Waals surface area contributed by atoms with Crippen molar-refractivity contribution < 1.29 is 19.2 Å². The molecule has 1 saturated heterocycles. The highest BCUT2D eigenvalue weighted by Crippen LogP contribution is 2.14. The number of piperazine rings is 1. The highest BCUT2D eigenvalue weighted by Gasteiger charge is 2.30. The summed E-state index contributed by atoms with van der Waals surface area (Å²) in [6.45, 7) is 2.81. The molecule has 0 bridgehead atoms. The van der Waals surface area contributed by atoms with Crippen molar-refractivity contribution in [3.63, 3.8) is 0 Å². The van der Waals surface area contributed by atoms with E-state index in [2.05, 4.69) is 5.32 Å². The van der Waals surface area contributed by atoms with Gasteiger partial charge in [-0.15, -0.1) is 0 Å². The van der Waals surface area contributed by atoms with E-state index in [4.69, 9.17) is 0 Å². The molecule has 0 radical (unpaired) electrons. The zero-order valence-electron chi connectivity index (χ0n) is 15.8. The molecule has 144 valence electrons. The van der Waals surface area contributed by atoms with Crippen LogP contribution in [0.2, 0.25) is 0 Å². The molecule has 28 heavy (non-hydrogen) atoms. The van der Waals surface area contributed by atoms with Gasteiger partial charge in [-0.25, -0.2) is 0 Å². The van der Waals surface area contributed by atoms with Crippen LogP contribution in [0, 0.1) is 0 Å². The third kappa shape index (κ3) is 4.25. The van der Waals surface area contributed by atoms with E-state index in [0.717, 1.165) is 5.56 Å². The minimum atomic E-state index is -0.510. The van der Waals surface area contributed by atoms with Crippen molar-refractivity contribution in [2.45, 2.75) is 13.5 Å². The molecule has 1 aliphatic rings. The van der Waals surface area contributed by atoms with E-state index in [0.29, 0.717) is 36.4 Å². The minimum Gasteiger partial charge on any atom is -0.336 e. The molecule has 2 aromatic rings. The van der Waals surface area contributed by atoms with Crippen LogP contribution in [-0.2, 0) is 16.1 Å². The van der Waals surface area contributed by atoms with E-state index < -0.39 is 11.8 Å². The van der Waals surface area contributed by atoms with Crippen molar-refractivity contribution in [1.82, 2.24) is 9.80 Å². The number of hydrogen-bond acceptors (Lipinski definition) is 4. The Labute approximate surface area is 162 Å². The molecule has 1 N–H and O–H groups in total. The lowest BCUT2D eigenvalue weighted by molar-refractivity contribution is -0.155. The Bertz CT molecular complexity index is 920. The molecular formula is C21H21N3O4. The van der Waals surface area contributed by atoms with Gasteiger partial charge in [0, 0.05) is 43.5 Å². The second-order valence-electron chi connectivity index (χ2n) is 6.74. The van der Waals surface area contributed by atoms with Gasteiger partial charge in [0.05, 0.1) is 0 Å². The van der Waals surface area contributed by atoms with Crippen molar-refractivity contribution in [3.05, 3.63) is 65.2 Å². The number of rotatable bonds is 5. The fourth-order valence-electron chi connectivity index (χ4n) is 2.90. The van der Waals surface area contributed by atoms with Crippen LogP contribution in [0.15, 0.2) is 48.5 Å². The van der Waals surface area contributed by atoms with Gasteiger partial charge in [0.1, 0.15) is 0 Å². The number of carbonyl (C=O) groups is 4. The minimum absolute atomic E-state index is 0.0333. The Morgan fingerprint density at radius 2 is 1.50 bits per heavy atom. The van der Waals surface area contributed by atoms with Crippen LogP contribution < -0.4 is 5.32 Å². The summed E-state index contributed by atoms with van der Waals surface area (Å²) >= 11 is 0. The molecule has 1 fully saturated rings. The second kappa shape index (κ2) is 8.04. The maximum absolute atomic E-state index is 12.4. The molecule has 0 aromatic heterocycles. The van der Waals surface area contributed by atoms with E-state index >= 15 is 0 Å². The van der Waals surface area contributed by atoms with Gasteiger partial charge in [-0.05, 0) is 48.9 Å². The lowest BCUT2D eigenvalue weighted by Gasteiger charge is -2.31. The monoisotopic (exact) mass is 379 g/mol. The molecule has 3 amide bonds. The molecule has 7 nitrogen and oxygen atoms in total. The predicted molar refractivity (Wildman–Crippen MR) is 104 cm³/mol. The maximum Gasteiger partial charge on any atom is 0.312 e. The fourth-order valence-corrected chi connectivity index (χ4v) is 2.90. The summed E-state index contributed by atoms with van der Waals surface area (Å²) in [5, 5.41) is 2.78. The number of likely N-dealkylation sites (N-methyl/N-ethyl adjacent to an activating group) is 1. The number of nitrogens with zero attached hydrogens (tertiary/aromatic N) is 2. The molecule has 1 aliphatic heterocycles. The zero-order valence-corrected chi connectivity index (χ0v) is 15.8. The average Bonchev–Trinajstić information content (AvgIpc) is 2.69. The number of anilines is 1. The van der Waals surface area contributed by atoms with Crippen LogP contribution in [0.25, 0.3) is 0 Å². The van der Waals surface area contributed by atoms with Gasteiger partial charge < -0.3 is 15.1 Å². The number of carbonyl (C=O) groups excluding carboxylic acids is 4. The van der Waals surface area contributed by atoms with E-state index in [-0.39, 0.29) is 11.7 Å². The van der Waals surface area contributed by atoms with Crippen molar-refractivity contribution in [3.8, 4) is 0 Å². The first-order chi connectivity index (χ1) is 13.3. The van der Waals surface area contributed by atoms with Crippen LogP contribution in [0.5, 0.6) is 0 Å². The molecule has 7 heteroatoms. The average molecular weight is 379 g/mol. The van der Waals surface area contributed by atoms with Crippen LogP contribution in [0.4, 0.5) is 5.69 Å². The standard InChI is InChI=1S/C21H21N3O4/c1-14(25)16-7-9-18(10-8-16)22-19(26)17-5-3-15(4-6-17)13-24-12-11-23(2)20(27)21(24)28/h3-10H,11-13H2,1-2H3,(H,22,26). The Morgan fingerprint density at radius 1 is 0.893 bits per heavy atom. The first kappa shape index (κ1) is 19.3. The van der Waals surface area contributed by atoms with Gasteiger partial charge in [0.2, 0.25) is 0 Å². The molecule has 0 atom stereocenters. The highest BCUT2D eigenvalue weighted by atomic mass is 16.2. The fraction of sp³-hybridized carbons (Fsp3) is 0.238. The number of amides is 3. The van der Waals surface area contributed by atoms with Gasteiger partial charge in [-0.1, -0.05) is 12.1 Å². The summed E-state index contributed by atoms with van der Waals surface area (Å²) in [6, 6.07) is 13.6. The molecule has 0 unspecified atom stereocenters. The summed E-state index contributed by atoms with van der Waals surface area (Å²) in [4.78, 5) is 50.4. The van der Waals surface area contributed by atoms with Crippen LogP contribution in [0.1, 0.15) is 33.2 Å². The molecule has 3 rings (SSSR count). The first-order valence-corrected chi connectivity index (χ1v) is 8.91. The molecule has 0 aliphatic carbocycles. The van der Waals surface area contributed by atoms with Crippen LogP contribution >= 0.6 is 0 Å². The lowest BCUT2D eigenvalue weighted by atomic mass is 10.1. The van der Waals surface area contributed by atoms with Crippen molar-refractivity contribution in [2.75, 3.05) is 25.5 Å². The predicted octanol–water partition coefficient (Wildman–Crippen LogP) is 1.94. The second-order valence-corrected chi connectivity index (χ2v) is 6.74. The molecule has 0 saturated carbocycles. The van der Waals surface area contributed by atoms with Crippen molar-refractivity contribution in [1.29, 1.82) is 0 Å². The number of ketones is 1. The SMILES string of the molecule is CC(=O)c1ccc(NC(=O)c2ccc(CN3CCN(C)C(=O)C3=O)cc2)cc1. The number of hydrogen-bond donors (Lipinski definition) is 1. The summed E-state index contributed by atoms with van der Waals surface area (Å²) in [6.07, 6.45) is 0. The van der Waals surface area contributed by atoms with E-state index in [9.17, 15) is 19.2 Å². The maximum atomic E-state index is 12.4. The van der Waals surface area contributed by atoms with E-state index in [1.54, 1.807) is 55.6 Å². The first-order valence-electron chi connectivity index (χ1n) is 8.91. The van der Waals surface area contributed by atoms with Gasteiger partial charge in [-0.2, -0.15) is 0 Å². The third-order valence-electron chi connectivity index (χ3n) is 4.66. The lowest BCUT2D eigenvalue weighted by Crippen LogP contribution is -2.52. The quantitative estimate of drug-likeness (QED) is 0.635. The van der Waals surface area contributed by atoms with Crippen molar-refractivity contribution >= 4 is 29.2 Å². The zero-order chi connectivity index (χ0) is 20.3. The normalized spacial score (nSPS) is 14.2. The molecule has 0 spiro atoms. The van der Waals surface area contributed by atoms with Gasteiger partial charge in [0.15, 0.2) is 5.78 Å². The van der Waals surface area contributed by atoms with Gasteiger partial charge in [-0.3, -0.25) is 19.2 Å². The smallest absolute Gasteiger partial charge is 0.312 e. The van der Waals surface area contributed by atoms with E-state index in [1.807, 2.05) is 0 Å². The number of benzene rings is 2. The summed E-state index contributed by atoms with van der Waals surface area (Å²) in [5.74, 6) is -1.32.